The molecule has 1 aromatic carbocycles. The summed E-state index contributed by atoms with van der Waals surface area (Å²) in [4.78, 5) is 25.9. The summed E-state index contributed by atoms with van der Waals surface area (Å²) in [5.41, 5.74) is 0.740. The average Bonchev–Trinajstić information content (AvgIpc) is 2.79. The first-order valence-corrected chi connectivity index (χ1v) is 7.89. The van der Waals surface area contributed by atoms with Gasteiger partial charge in [0.2, 0.25) is 0 Å². The van der Waals surface area contributed by atoms with Crippen molar-refractivity contribution < 1.29 is 19.1 Å². The van der Waals surface area contributed by atoms with Crippen molar-refractivity contribution in [2.24, 2.45) is 0 Å². The Balaban J connectivity index is 2.26. The fraction of sp³-hybridized carbons (Fsp3) is 0.375. The topological polar surface area (TPSA) is 55.8 Å². The molecule has 1 aliphatic heterocycles. The number of carbonyl (C=O) groups excluding carboxylic acids is 2. The molecule has 0 unspecified atom stereocenters. The first-order valence-electron chi connectivity index (χ1n) is 7.08. The number of nitrogens with zero attached hydrogens (tertiary/aromatic N) is 1. The molecule has 0 aliphatic carbocycles. The number of carbonyl (C=O) groups is 2. The van der Waals surface area contributed by atoms with Crippen molar-refractivity contribution in [3.63, 3.8) is 0 Å². The summed E-state index contributed by atoms with van der Waals surface area (Å²) in [6.45, 7) is 2.50. The van der Waals surface area contributed by atoms with Crippen molar-refractivity contribution >= 4 is 29.0 Å². The monoisotopic (exact) mass is 321 g/mol. The summed E-state index contributed by atoms with van der Waals surface area (Å²) in [5, 5.41) is -0.211. The highest BCUT2D eigenvalue weighted by atomic mass is 32.2. The summed E-state index contributed by atoms with van der Waals surface area (Å²) < 4.78 is 10.5. The van der Waals surface area contributed by atoms with Gasteiger partial charge in [-0.1, -0.05) is 13.3 Å². The zero-order valence-electron chi connectivity index (χ0n) is 12.9. The molecule has 118 valence electrons. The van der Waals surface area contributed by atoms with Crippen LogP contribution < -0.4 is 9.47 Å². The SMILES string of the molecule is CCCCN1C(=O)SC(=Cc2ccc(OC)cc2OC)C1=O. The standard InChI is InChI=1S/C16H19NO4S/c1-4-5-8-17-15(18)14(22-16(17)19)9-11-6-7-12(20-2)10-13(11)21-3/h6-7,9-10H,4-5,8H2,1-3H3. The molecular weight excluding hydrogens is 302 g/mol. The predicted molar refractivity (Wildman–Crippen MR) is 87.1 cm³/mol. The number of benzene rings is 1. The Labute approximate surface area is 134 Å². The van der Waals surface area contributed by atoms with E-state index >= 15 is 0 Å². The maximum absolute atomic E-state index is 12.3. The van der Waals surface area contributed by atoms with Gasteiger partial charge in [-0.2, -0.15) is 0 Å². The third-order valence-corrected chi connectivity index (χ3v) is 4.24. The van der Waals surface area contributed by atoms with Crippen LogP contribution in [0.1, 0.15) is 25.3 Å². The third-order valence-electron chi connectivity index (χ3n) is 3.34. The zero-order chi connectivity index (χ0) is 16.1. The molecule has 1 aliphatic rings. The molecule has 1 heterocycles. The molecule has 0 spiro atoms. The normalized spacial score (nSPS) is 16.5. The van der Waals surface area contributed by atoms with E-state index < -0.39 is 0 Å². The molecular formula is C16H19NO4S. The van der Waals surface area contributed by atoms with Crippen molar-refractivity contribution in [3.8, 4) is 11.5 Å². The van der Waals surface area contributed by atoms with Crippen molar-refractivity contribution in [3.05, 3.63) is 28.7 Å². The lowest BCUT2D eigenvalue weighted by Crippen LogP contribution is -2.29. The Morgan fingerprint density at radius 2 is 2.00 bits per heavy atom. The van der Waals surface area contributed by atoms with Gasteiger partial charge in [-0.3, -0.25) is 14.5 Å². The van der Waals surface area contributed by atoms with Crippen LogP contribution in [0.25, 0.3) is 6.08 Å². The molecule has 6 heteroatoms. The number of hydrogen-bond donors (Lipinski definition) is 0. The van der Waals surface area contributed by atoms with Gasteiger partial charge in [0.1, 0.15) is 11.5 Å². The molecule has 1 aromatic rings. The Bertz CT molecular complexity index is 612. The minimum absolute atomic E-state index is 0.211. The summed E-state index contributed by atoms with van der Waals surface area (Å²) in [5.74, 6) is 1.03. The summed E-state index contributed by atoms with van der Waals surface area (Å²) >= 11 is 0.968. The van der Waals surface area contributed by atoms with Crippen LogP contribution in [0.15, 0.2) is 23.1 Å². The zero-order valence-corrected chi connectivity index (χ0v) is 13.7. The van der Waals surface area contributed by atoms with Crippen LogP contribution in [0.3, 0.4) is 0 Å². The molecule has 5 nitrogen and oxygen atoms in total. The van der Waals surface area contributed by atoms with Crippen molar-refractivity contribution in [2.75, 3.05) is 20.8 Å². The Hall–Kier alpha value is -1.95. The second-order valence-corrected chi connectivity index (χ2v) is 5.79. The van der Waals surface area contributed by atoms with Gasteiger partial charge >= 0.3 is 0 Å². The highest BCUT2D eigenvalue weighted by Crippen LogP contribution is 2.35. The van der Waals surface area contributed by atoms with Crippen LogP contribution in [0.5, 0.6) is 11.5 Å². The van der Waals surface area contributed by atoms with E-state index in [1.54, 1.807) is 38.5 Å². The van der Waals surface area contributed by atoms with E-state index in [1.165, 1.54) is 4.90 Å². The number of unbranched alkanes of at least 4 members (excludes halogenated alkanes) is 1. The van der Waals surface area contributed by atoms with E-state index in [-0.39, 0.29) is 11.1 Å². The molecule has 0 atom stereocenters. The number of hydrogen-bond acceptors (Lipinski definition) is 5. The van der Waals surface area contributed by atoms with E-state index in [9.17, 15) is 9.59 Å². The van der Waals surface area contributed by atoms with Crippen LogP contribution >= 0.6 is 11.8 Å². The van der Waals surface area contributed by atoms with E-state index in [1.807, 2.05) is 6.92 Å². The molecule has 1 fully saturated rings. The fourth-order valence-corrected chi connectivity index (χ4v) is 2.94. The van der Waals surface area contributed by atoms with Gasteiger partial charge in [-0.25, -0.2) is 0 Å². The fourth-order valence-electron chi connectivity index (χ4n) is 2.09. The van der Waals surface area contributed by atoms with Crippen LogP contribution in [0.4, 0.5) is 4.79 Å². The van der Waals surface area contributed by atoms with Crippen LogP contribution in [0.2, 0.25) is 0 Å². The van der Waals surface area contributed by atoms with Crippen molar-refractivity contribution in [2.45, 2.75) is 19.8 Å². The Morgan fingerprint density at radius 1 is 1.23 bits per heavy atom. The second kappa shape index (κ2) is 7.35. The minimum atomic E-state index is -0.235. The molecule has 22 heavy (non-hydrogen) atoms. The van der Waals surface area contributed by atoms with Gasteiger partial charge in [0.05, 0.1) is 19.1 Å². The quantitative estimate of drug-likeness (QED) is 0.750. The first kappa shape index (κ1) is 16.4. The number of methoxy groups -OCH3 is 2. The molecule has 0 bridgehead atoms. The highest BCUT2D eigenvalue weighted by molar-refractivity contribution is 8.18. The molecule has 2 amide bonds. The average molecular weight is 321 g/mol. The van der Waals surface area contributed by atoms with Gasteiger partial charge in [0.15, 0.2) is 0 Å². The van der Waals surface area contributed by atoms with Gasteiger partial charge in [0, 0.05) is 18.2 Å². The molecule has 0 radical (unpaired) electrons. The Kier molecular flexibility index (Phi) is 5.49. The summed E-state index contributed by atoms with van der Waals surface area (Å²) in [6, 6.07) is 5.33. The maximum atomic E-state index is 12.3. The van der Waals surface area contributed by atoms with Gasteiger partial charge in [0.25, 0.3) is 11.1 Å². The minimum Gasteiger partial charge on any atom is -0.497 e. The van der Waals surface area contributed by atoms with Crippen LogP contribution in [-0.2, 0) is 4.79 Å². The number of ether oxygens (including phenoxy) is 2. The van der Waals surface area contributed by atoms with Gasteiger partial charge in [-0.05, 0) is 36.4 Å². The summed E-state index contributed by atoms with van der Waals surface area (Å²) in [7, 11) is 3.13. The van der Waals surface area contributed by atoms with E-state index in [2.05, 4.69) is 0 Å². The largest absolute Gasteiger partial charge is 0.497 e. The summed E-state index contributed by atoms with van der Waals surface area (Å²) in [6.07, 6.45) is 3.44. The molecule has 1 saturated heterocycles. The van der Waals surface area contributed by atoms with Crippen molar-refractivity contribution in [1.82, 2.24) is 4.90 Å². The maximum Gasteiger partial charge on any atom is 0.293 e. The van der Waals surface area contributed by atoms with Gasteiger partial charge in [-0.15, -0.1) is 0 Å². The van der Waals surface area contributed by atoms with Crippen molar-refractivity contribution in [1.29, 1.82) is 0 Å². The highest BCUT2D eigenvalue weighted by Gasteiger charge is 2.34. The third kappa shape index (κ3) is 3.44. The lowest BCUT2D eigenvalue weighted by Gasteiger charge is -2.11. The smallest absolute Gasteiger partial charge is 0.293 e. The number of imide groups is 1. The molecule has 2 rings (SSSR count). The second-order valence-electron chi connectivity index (χ2n) is 4.79. The molecule has 0 N–H and O–H groups in total. The lowest BCUT2D eigenvalue weighted by atomic mass is 10.1. The first-order chi connectivity index (χ1) is 10.6. The molecule has 0 aromatic heterocycles. The van der Waals surface area contributed by atoms with E-state index in [0.29, 0.717) is 22.9 Å². The van der Waals surface area contributed by atoms with E-state index in [4.69, 9.17) is 9.47 Å². The van der Waals surface area contributed by atoms with E-state index in [0.717, 1.165) is 30.2 Å². The number of thioether (sulfide) groups is 1. The van der Waals surface area contributed by atoms with Crippen LogP contribution in [-0.4, -0.2) is 36.8 Å². The number of amides is 2. The predicted octanol–water partition coefficient (Wildman–Crippen LogP) is 3.54. The number of rotatable bonds is 6. The molecule has 0 saturated carbocycles. The van der Waals surface area contributed by atoms with Gasteiger partial charge < -0.3 is 9.47 Å². The lowest BCUT2D eigenvalue weighted by molar-refractivity contribution is -0.122. The van der Waals surface area contributed by atoms with Crippen LogP contribution in [0, 0.1) is 0 Å². The Morgan fingerprint density at radius 3 is 2.64 bits per heavy atom.